The minimum Gasteiger partial charge on any atom is -0.333 e. The van der Waals surface area contributed by atoms with Crippen molar-refractivity contribution < 1.29 is 29.6 Å². The van der Waals surface area contributed by atoms with Crippen LogP contribution in [0.5, 0.6) is 0 Å². The molecule has 0 radical (unpaired) electrons. The Labute approximate surface area is 63.9 Å². The summed E-state index contributed by atoms with van der Waals surface area (Å²) < 4.78 is 55.6. The molecule has 0 aromatic rings. The molecule has 10 heteroatoms. The molecule has 0 fully saturated rings. The SMILES string of the molecule is CN.O=S(=O)(O)OS(=O)(=O)O. The number of hydrogen-bond donors (Lipinski definition) is 3. The largest absolute Gasteiger partial charge is 0.413 e. The lowest BCUT2D eigenvalue weighted by atomic mass is 11.6. The van der Waals surface area contributed by atoms with Gasteiger partial charge in [0.2, 0.25) is 0 Å². The Bertz CT molecular complexity index is 242. The van der Waals surface area contributed by atoms with Crippen molar-refractivity contribution in [2.24, 2.45) is 5.73 Å². The topological polar surface area (TPSA) is 144 Å². The van der Waals surface area contributed by atoms with Gasteiger partial charge in [0.25, 0.3) is 0 Å². The smallest absolute Gasteiger partial charge is 0.333 e. The summed E-state index contributed by atoms with van der Waals surface area (Å²) in [6.07, 6.45) is 0. The van der Waals surface area contributed by atoms with Gasteiger partial charge in [0, 0.05) is 0 Å². The van der Waals surface area contributed by atoms with Crippen LogP contribution < -0.4 is 5.73 Å². The molecule has 0 spiro atoms. The van der Waals surface area contributed by atoms with Crippen molar-refractivity contribution in [1.82, 2.24) is 0 Å². The standard InChI is InChI=1S/CH5N.H2O7S2/c1-2;1-8(2,3)7-9(4,5)6/h2H2,1H3;(H,1,2,3)(H,4,5,6). The highest BCUT2D eigenvalue weighted by molar-refractivity contribution is 7.94. The minimum atomic E-state index is -5.12. The van der Waals surface area contributed by atoms with Crippen LogP contribution in [-0.4, -0.2) is 33.0 Å². The summed E-state index contributed by atoms with van der Waals surface area (Å²) in [7, 11) is -8.74. The van der Waals surface area contributed by atoms with Crippen LogP contribution in [0.1, 0.15) is 0 Å². The monoisotopic (exact) mass is 209 g/mol. The second kappa shape index (κ2) is 4.58. The van der Waals surface area contributed by atoms with Crippen LogP contribution in [0, 0.1) is 0 Å². The molecule has 0 saturated heterocycles. The van der Waals surface area contributed by atoms with E-state index in [-0.39, 0.29) is 0 Å². The van der Waals surface area contributed by atoms with Crippen molar-refractivity contribution in [3.63, 3.8) is 0 Å². The van der Waals surface area contributed by atoms with E-state index in [1.807, 2.05) is 0 Å². The summed E-state index contributed by atoms with van der Waals surface area (Å²) in [5, 5.41) is 0. The molecular formula is CH7NO7S2. The third-order valence-electron chi connectivity index (χ3n) is 0.172. The van der Waals surface area contributed by atoms with Crippen molar-refractivity contribution >= 4 is 20.8 Å². The minimum absolute atomic E-state index is 1.50. The molecule has 70 valence electrons. The highest BCUT2D eigenvalue weighted by Gasteiger charge is 2.15. The van der Waals surface area contributed by atoms with Gasteiger partial charge in [0.15, 0.2) is 0 Å². The van der Waals surface area contributed by atoms with Crippen LogP contribution in [-0.2, 0) is 24.4 Å². The first-order chi connectivity index (χ1) is 4.71. The molecule has 0 aromatic heterocycles. The van der Waals surface area contributed by atoms with Gasteiger partial charge in [-0.25, -0.2) is 0 Å². The number of nitrogens with two attached hydrogens (primary N) is 1. The summed E-state index contributed by atoms with van der Waals surface area (Å²) in [5.74, 6) is 0. The molecule has 0 aliphatic carbocycles. The predicted molar refractivity (Wildman–Crippen MR) is 34.3 cm³/mol. The van der Waals surface area contributed by atoms with Crippen molar-refractivity contribution in [2.75, 3.05) is 7.05 Å². The Hall–Kier alpha value is -0.260. The van der Waals surface area contributed by atoms with E-state index in [9.17, 15) is 16.8 Å². The van der Waals surface area contributed by atoms with E-state index in [0.717, 1.165) is 0 Å². The normalized spacial score (nSPS) is 11.6. The second-order valence-electron chi connectivity index (χ2n) is 0.924. The van der Waals surface area contributed by atoms with Gasteiger partial charge in [0.1, 0.15) is 0 Å². The zero-order chi connectivity index (χ0) is 9.71. The first-order valence-electron chi connectivity index (χ1n) is 1.94. The van der Waals surface area contributed by atoms with Gasteiger partial charge in [-0.15, -0.1) is 3.63 Å². The zero-order valence-electron chi connectivity index (χ0n) is 5.33. The molecule has 0 atom stereocenters. The lowest BCUT2D eigenvalue weighted by Crippen LogP contribution is -2.10. The molecule has 0 saturated carbocycles. The lowest BCUT2D eigenvalue weighted by molar-refractivity contribution is 0.344. The Morgan fingerprint density at radius 3 is 1.18 bits per heavy atom. The van der Waals surface area contributed by atoms with Gasteiger partial charge in [-0.05, 0) is 7.05 Å². The van der Waals surface area contributed by atoms with E-state index in [2.05, 4.69) is 9.36 Å². The van der Waals surface area contributed by atoms with Crippen LogP contribution in [0.4, 0.5) is 0 Å². The Morgan fingerprint density at radius 1 is 1.00 bits per heavy atom. The predicted octanol–water partition coefficient (Wildman–Crippen LogP) is -1.82. The number of rotatable bonds is 2. The maximum absolute atomic E-state index is 9.44. The molecule has 0 aliphatic rings. The molecule has 11 heavy (non-hydrogen) atoms. The van der Waals surface area contributed by atoms with Gasteiger partial charge in [-0.2, -0.15) is 16.8 Å². The van der Waals surface area contributed by atoms with Gasteiger partial charge in [0.05, 0.1) is 0 Å². The van der Waals surface area contributed by atoms with E-state index in [1.165, 1.54) is 7.05 Å². The molecule has 8 nitrogen and oxygen atoms in total. The average molecular weight is 209 g/mol. The highest BCUT2D eigenvalue weighted by atomic mass is 32.3. The summed E-state index contributed by atoms with van der Waals surface area (Å²) in [6.45, 7) is 0. The zero-order valence-corrected chi connectivity index (χ0v) is 6.96. The fraction of sp³-hybridized carbons (Fsp3) is 1.00. The van der Waals surface area contributed by atoms with E-state index in [4.69, 9.17) is 9.11 Å². The fourth-order valence-corrected chi connectivity index (χ4v) is 0.978. The summed E-state index contributed by atoms with van der Waals surface area (Å²) in [6, 6.07) is 0. The Morgan fingerprint density at radius 2 is 1.18 bits per heavy atom. The number of hydrogen-bond acceptors (Lipinski definition) is 6. The van der Waals surface area contributed by atoms with Crippen molar-refractivity contribution in [2.45, 2.75) is 0 Å². The van der Waals surface area contributed by atoms with Crippen LogP contribution in [0.25, 0.3) is 0 Å². The molecule has 0 aliphatic heterocycles. The van der Waals surface area contributed by atoms with Crippen LogP contribution in [0.2, 0.25) is 0 Å². The van der Waals surface area contributed by atoms with E-state index >= 15 is 0 Å². The molecule has 4 N–H and O–H groups in total. The molecule has 0 rings (SSSR count). The Kier molecular flexibility index (Phi) is 5.56. The van der Waals surface area contributed by atoms with Crippen LogP contribution in [0.3, 0.4) is 0 Å². The van der Waals surface area contributed by atoms with E-state index < -0.39 is 20.8 Å². The summed E-state index contributed by atoms with van der Waals surface area (Å²) in [4.78, 5) is 0. The Balaban J connectivity index is 0. The molecular weight excluding hydrogens is 202 g/mol. The second-order valence-corrected chi connectivity index (χ2v) is 3.18. The van der Waals surface area contributed by atoms with Crippen molar-refractivity contribution in [3.05, 3.63) is 0 Å². The first kappa shape index (κ1) is 13.3. The van der Waals surface area contributed by atoms with E-state index in [1.54, 1.807) is 0 Å². The lowest BCUT2D eigenvalue weighted by Gasteiger charge is -1.89. The maximum Gasteiger partial charge on any atom is 0.413 e. The maximum atomic E-state index is 9.44. The van der Waals surface area contributed by atoms with Crippen molar-refractivity contribution in [1.29, 1.82) is 0 Å². The van der Waals surface area contributed by atoms with Gasteiger partial charge >= 0.3 is 20.8 Å². The third-order valence-corrected chi connectivity index (χ3v) is 1.55. The van der Waals surface area contributed by atoms with Crippen LogP contribution >= 0.6 is 0 Å². The molecule has 0 unspecified atom stereocenters. The molecule has 0 aromatic carbocycles. The highest BCUT2D eigenvalue weighted by Crippen LogP contribution is 1.91. The average Bonchev–Trinajstić information content (AvgIpc) is 1.60. The quantitative estimate of drug-likeness (QED) is 0.451. The van der Waals surface area contributed by atoms with E-state index in [0.29, 0.717) is 0 Å². The van der Waals surface area contributed by atoms with Crippen molar-refractivity contribution in [3.8, 4) is 0 Å². The van der Waals surface area contributed by atoms with Gasteiger partial charge < -0.3 is 5.73 Å². The van der Waals surface area contributed by atoms with Crippen LogP contribution in [0.15, 0.2) is 0 Å². The summed E-state index contributed by atoms with van der Waals surface area (Å²) in [5.41, 5.74) is 4.50. The molecule has 0 bridgehead atoms. The first-order valence-corrected chi connectivity index (χ1v) is 4.67. The van der Waals surface area contributed by atoms with Gasteiger partial charge in [-0.3, -0.25) is 9.11 Å². The van der Waals surface area contributed by atoms with Gasteiger partial charge in [-0.1, -0.05) is 0 Å². The fourth-order valence-electron chi connectivity index (χ4n) is 0.109. The summed E-state index contributed by atoms with van der Waals surface area (Å²) >= 11 is 0. The third kappa shape index (κ3) is 17.7. The molecule has 0 heterocycles. The molecule has 0 amide bonds.